The Morgan fingerprint density at radius 3 is 1.97 bits per heavy atom. The van der Waals surface area contributed by atoms with Crippen LogP contribution in [0, 0.1) is 0 Å². The highest BCUT2D eigenvalue weighted by molar-refractivity contribution is 6.01. The number of carbonyl (C=O) groups excluding carboxylic acids is 3. The van der Waals surface area contributed by atoms with Crippen molar-refractivity contribution in [2.45, 2.75) is 25.7 Å². The molecule has 0 saturated carbocycles. The Bertz CT molecular complexity index is 1010. The molecule has 1 N–H and O–H groups in total. The van der Waals surface area contributed by atoms with Crippen molar-refractivity contribution in [1.82, 2.24) is 5.32 Å². The van der Waals surface area contributed by atoms with E-state index in [-0.39, 0.29) is 12.4 Å². The van der Waals surface area contributed by atoms with E-state index in [1.807, 2.05) is 36.4 Å². The highest BCUT2D eigenvalue weighted by atomic mass is 16.6. The molecule has 0 radical (unpaired) electrons. The summed E-state index contributed by atoms with van der Waals surface area (Å²) in [6.07, 6.45) is -1.88. The van der Waals surface area contributed by atoms with Gasteiger partial charge in [0.1, 0.15) is 12.6 Å². The van der Waals surface area contributed by atoms with Crippen molar-refractivity contribution >= 4 is 17.8 Å². The molecule has 0 heterocycles. The molecule has 31 heavy (non-hydrogen) atoms. The maximum atomic E-state index is 13.0. The van der Waals surface area contributed by atoms with Gasteiger partial charge in [-0.1, -0.05) is 91.0 Å². The number of benzene rings is 3. The fourth-order valence-electron chi connectivity index (χ4n) is 2.87. The summed E-state index contributed by atoms with van der Waals surface area (Å²) in [5, 5.41) is 2.44. The predicted molar refractivity (Wildman–Crippen MR) is 115 cm³/mol. The Morgan fingerprint density at radius 2 is 1.35 bits per heavy atom. The first-order valence-corrected chi connectivity index (χ1v) is 9.86. The van der Waals surface area contributed by atoms with Gasteiger partial charge in [-0.15, -0.1) is 0 Å². The lowest BCUT2D eigenvalue weighted by atomic mass is 10.00. The molecule has 0 fully saturated rings. The monoisotopic (exact) mass is 417 g/mol. The normalized spacial score (nSPS) is 12.3. The minimum atomic E-state index is -1.12. The molecule has 0 saturated heterocycles. The van der Waals surface area contributed by atoms with E-state index >= 15 is 0 Å². The molecule has 6 heteroatoms. The molecule has 0 bridgehead atoms. The van der Waals surface area contributed by atoms with Gasteiger partial charge >= 0.3 is 12.1 Å². The Kier molecular flexibility index (Phi) is 7.54. The van der Waals surface area contributed by atoms with E-state index in [9.17, 15) is 14.4 Å². The van der Waals surface area contributed by atoms with Crippen molar-refractivity contribution in [3.63, 3.8) is 0 Å². The number of amides is 1. The minimum Gasteiger partial charge on any atom is -0.447 e. The highest BCUT2D eigenvalue weighted by Gasteiger charge is 2.29. The first kappa shape index (κ1) is 21.8. The average molecular weight is 417 g/mol. The lowest BCUT2D eigenvalue weighted by molar-refractivity contribution is -0.149. The second-order valence-corrected chi connectivity index (χ2v) is 6.89. The zero-order valence-electron chi connectivity index (χ0n) is 17.1. The van der Waals surface area contributed by atoms with Crippen LogP contribution in [0.2, 0.25) is 0 Å². The molecule has 0 aliphatic carbocycles. The van der Waals surface area contributed by atoms with Gasteiger partial charge < -0.3 is 14.8 Å². The lowest BCUT2D eigenvalue weighted by Gasteiger charge is -2.20. The fraction of sp³-hybridized carbons (Fsp3) is 0.160. The summed E-state index contributed by atoms with van der Waals surface area (Å²) < 4.78 is 10.6. The van der Waals surface area contributed by atoms with Crippen LogP contribution < -0.4 is 5.32 Å². The number of nitrogens with one attached hydrogen (secondary N) is 1. The van der Waals surface area contributed by atoms with E-state index in [4.69, 9.17) is 9.47 Å². The minimum absolute atomic E-state index is 0.0770. The van der Waals surface area contributed by atoms with Gasteiger partial charge in [0.05, 0.1) is 0 Å². The van der Waals surface area contributed by atoms with Gasteiger partial charge in [-0.05, 0) is 12.5 Å². The van der Waals surface area contributed by atoms with Gasteiger partial charge in [0.15, 0.2) is 6.10 Å². The highest BCUT2D eigenvalue weighted by Crippen LogP contribution is 2.23. The van der Waals surface area contributed by atoms with E-state index in [1.54, 1.807) is 54.6 Å². The Morgan fingerprint density at radius 1 is 0.806 bits per heavy atom. The van der Waals surface area contributed by atoms with E-state index < -0.39 is 24.2 Å². The number of rotatable bonds is 8. The smallest absolute Gasteiger partial charge is 0.408 e. The first-order valence-electron chi connectivity index (χ1n) is 9.86. The van der Waals surface area contributed by atoms with Crippen LogP contribution in [0.4, 0.5) is 4.79 Å². The summed E-state index contributed by atoms with van der Waals surface area (Å²) in [5.74, 6) is -1.09. The molecular weight excluding hydrogens is 394 g/mol. The molecule has 0 aliphatic rings. The Labute approximate surface area is 180 Å². The van der Waals surface area contributed by atoms with Crippen LogP contribution in [0.5, 0.6) is 0 Å². The molecule has 3 aromatic carbocycles. The van der Waals surface area contributed by atoms with Crippen LogP contribution in [0.15, 0.2) is 91.0 Å². The zero-order chi connectivity index (χ0) is 22.1. The van der Waals surface area contributed by atoms with Crippen LogP contribution in [0.25, 0.3) is 0 Å². The Hall–Kier alpha value is -3.93. The van der Waals surface area contributed by atoms with Crippen molar-refractivity contribution in [1.29, 1.82) is 0 Å². The SMILES string of the molecule is C[C@H](NC(=O)OCc1ccccc1)C(=O)OC(C(=O)c1ccccc1)c1ccccc1. The third-order valence-electron chi connectivity index (χ3n) is 4.53. The Balaban J connectivity index is 1.64. The molecule has 1 amide bonds. The van der Waals surface area contributed by atoms with Crippen molar-refractivity contribution in [3.8, 4) is 0 Å². The van der Waals surface area contributed by atoms with Gasteiger partial charge in [0, 0.05) is 11.1 Å². The number of hydrogen-bond acceptors (Lipinski definition) is 5. The van der Waals surface area contributed by atoms with Crippen LogP contribution in [-0.4, -0.2) is 23.9 Å². The summed E-state index contributed by atoms with van der Waals surface area (Å²) in [6, 6.07) is 25.5. The summed E-state index contributed by atoms with van der Waals surface area (Å²) in [5.41, 5.74) is 1.79. The molecule has 0 spiro atoms. The maximum Gasteiger partial charge on any atom is 0.408 e. The van der Waals surface area contributed by atoms with Crippen molar-refractivity contribution < 1.29 is 23.9 Å². The van der Waals surface area contributed by atoms with Crippen molar-refractivity contribution in [2.24, 2.45) is 0 Å². The number of ketones is 1. The second kappa shape index (κ2) is 10.7. The summed E-state index contributed by atoms with van der Waals surface area (Å²) >= 11 is 0. The molecular formula is C25H23NO5. The number of esters is 1. The van der Waals surface area contributed by atoms with Crippen LogP contribution in [-0.2, 0) is 20.9 Å². The average Bonchev–Trinajstić information content (AvgIpc) is 2.82. The number of alkyl carbamates (subject to hydrolysis) is 1. The number of hydrogen-bond donors (Lipinski definition) is 1. The number of Topliss-reactive ketones (excluding diaryl/α,β-unsaturated/α-hetero) is 1. The maximum absolute atomic E-state index is 13.0. The number of carbonyl (C=O) groups is 3. The molecule has 0 aliphatic heterocycles. The van der Waals surface area contributed by atoms with Crippen LogP contribution in [0.3, 0.4) is 0 Å². The van der Waals surface area contributed by atoms with Crippen LogP contribution in [0.1, 0.15) is 34.5 Å². The van der Waals surface area contributed by atoms with Gasteiger partial charge in [0.2, 0.25) is 5.78 Å². The van der Waals surface area contributed by atoms with Gasteiger partial charge in [-0.3, -0.25) is 4.79 Å². The van der Waals surface area contributed by atoms with E-state index in [1.165, 1.54) is 6.92 Å². The summed E-state index contributed by atoms with van der Waals surface area (Å²) in [6.45, 7) is 1.55. The van der Waals surface area contributed by atoms with E-state index in [0.717, 1.165) is 5.56 Å². The largest absolute Gasteiger partial charge is 0.447 e. The van der Waals surface area contributed by atoms with E-state index in [2.05, 4.69) is 5.32 Å². The van der Waals surface area contributed by atoms with Crippen molar-refractivity contribution in [3.05, 3.63) is 108 Å². The topological polar surface area (TPSA) is 81.7 Å². The zero-order valence-corrected chi connectivity index (χ0v) is 17.1. The van der Waals surface area contributed by atoms with Gasteiger partial charge in [0.25, 0.3) is 0 Å². The molecule has 2 atom stereocenters. The van der Waals surface area contributed by atoms with Gasteiger partial charge in [-0.2, -0.15) is 0 Å². The number of ether oxygens (including phenoxy) is 2. The van der Waals surface area contributed by atoms with Crippen LogP contribution >= 0.6 is 0 Å². The third-order valence-corrected chi connectivity index (χ3v) is 4.53. The molecule has 0 aromatic heterocycles. The first-order chi connectivity index (χ1) is 15.0. The molecule has 158 valence electrons. The molecule has 3 aromatic rings. The molecule has 6 nitrogen and oxygen atoms in total. The summed E-state index contributed by atoms with van der Waals surface area (Å²) in [7, 11) is 0. The predicted octanol–water partition coefficient (Wildman–Crippen LogP) is 4.47. The third kappa shape index (κ3) is 6.27. The standard InChI is InChI=1S/C25H23NO5/c1-18(26-25(29)30-17-19-11-5-2-6-12-19)24(28)31-23(21-15-9-4-10-16-21)22(27)20-13-7-3-8-14-20/h2-16,18,23H,17H2,1H3,(H,26,29)/t18-,23?/m0/s1. The lowest BCUT2D eigenvalue weighted by Crippen LogP contribution is -2.40. The fourth-order valence-corrected chi connectivity index (χ4v) is 2.87. The quantitative estimate of drug-likeness (QED) is 0.432. The second-order valence-electron chi connectivity index (χ2n) is 6.89. The van der Waals surface area contributed by atoms with Gasteiger partial charge in [-0.25, -0.2) is 9.59 Å². The summed E-state index contributed by atoms with van der Waals surface area (Å²) in [4.78, 5) is 37.7. The molecule has 3 rings (SSSR count). The molecule has 1 unspecified atom stereocenters. The van der Waals surface area contributed by atoms with Crippen molar-refractivity contribution in [2.75, 3.05) is 0 Å². The van der Waals surface area contributed by atoms with E-state index in [0.29, 0.717) is 11.1 Å².